The van der Waals surface area contributed by atoms with E-state index < -0.39 is 0 Å². The van der Waals surface area contributed by atoms with Gasteiger partial charge in [-0.2, -0.15) is 0 Å². The topological polar surface area (TPSA) is 58.1 Å². The van der Waals surface area contributed by atoms with E-state index in [0.29, 0.717) is 6.42 Å². The summed E-state index contributed by atoms with van der Waals surface area (Å²) in [5.41, 5.74) is 2.30. The number of amides is 1. The van der Waals surface area contributed by atoms with Crippen molar-refractivity contribution >= 4 is 49.2 Å². The molecule has 1 aromatic carbocycles. The van der Waals surface area contributed by atoms with Crippen LogP contribution in [0.25, 0.3) is 21.3 Å². The number of carbonyl (C=O) groups excluding carboxylic acids is 1. The van der Waals surface area contributed by atoms with Crippen molar-refractivity contribution in [1.29, 1.82) is 0 Å². The summed E-state index contributed by atoms with van der Waals surface area (Å²) in [6.45, 7) is 2.49. The number of rotatable bonds is 6. The number of likely N-dealkylation sites (tertiary alicyclic amines) is 1. The smallest absolute Gasteiger partial charge is 0.222 e. The molecule has 2 aromatic heterocycles. The Hall–Kier alpha value is -1.99. The minimum absolute atomic E-state index is 0.282. The first-order valence-corrected chi connectivity index (χ1v) is 10.4. The van der Waals surface area contributed by atoms with Crippen molar-refractivity contribution < 1.29 is 4.79 Å². The number of thiophene rings is 1. The molecule has 3 aromatic rings. The van der Waals surface area contributed by atoms with Gasteiger partial charge in [0.2, 0.25) is 5.91 Å². The van der Waals surface area contributed by atoms with Gasteiger partial charge < -0.3 is 10.2 Å². The van der Waals surface area contributed by atoms with E-state index in [2.05, 4.69) is 48.7 Å². The Balaban J connectivity index is 1.50. The van der Waals surface area contributed by atoms with E-state index in [1.54, 1.807) is 17.7 Å². The van der Waals surface area contributed by atoms with Gasteiger partial charge in [-0.3, -0.25) is 4.79 Å². The SMILES string of the molecule is O=C1CCCN1CCCNc1ncnc2scc(-c3ccc(Br)cc3)c12. The Morgan fingerprint density at radius 2 is 2.08 bits per heavy atom. The normalized spacial score (nSPS) is 14.3. The van der Waals surface area contributed by atoms with E-state index in [0.717, 1.165) is 64.1 Å². The number of benzene rings is 1. The molecule has 5 nitrogen and oxygen atoms in total. The second-order valence-corrected chi connectivity index (χ2v) is 8.10. The molecule has 4 rings (SSSR count). The summed E-state index contributed by atoms with van der Waals surface area (Å²) in [4.78, 5) is 23.5. The zero-order valence-corrected chi connectivity index (χ0v) is 16.6. The molecule has 1 aliphatic rings. The van der Waals surface area contributed by atoms with Crippen LogP contribution in [0.15, 0.2) is 40.4 Å². The number of nitrogens with zero attached hydrogens (tertiary/aromatic N) is 3. The zero-order chi connectivity index (χ0) is 17.9. The summed E-state index contributed by atoms with van der Waals surface area (Å²) in [7, 11) is 0. The third kappa shape index (κ3) is 3.59. The Kier molecular flexibility index (Phi) is 5.17. The lowest BCUT2D eigenvalue weighted by atomic mass is 10.1. The lowest BCUT2D eigenvalue weighted by Gasteiger charge is -2.15. The third-order valence-electron chi connectivity index (χ3n) is 4.59. The van der Waals surface area contributed by atoms with Gasteiger partial charge in [0, 0.05) is 41.5 Å². The molecule has 1 fully saturated rings. The molecule has 0 radical (unpaired) electrons. The zero-order valence-electron chi connectivity index (χ0n) is 14.2. The van der Waals surface area contributed by atoms with Crippen LogP contribution in [0.5, 0.6) is 0 Å². The number of fused-ring (bicyclic) bond motifs is 1. The molecule has 0 aliphatic carbocycles. The fourth-order valence-electron chi connectivity index (χ4n) is 3.27. The van der Waals surface area contributed by atoms with Gasteiger partial charge in [0.25, 0.3) is 0 Å². The fourth-order valence-corrected chi connectivity index (χ4v) is 4.45. The first kappa shape index (κ1) is 17.4. The summed E-state index contributed by atoms with van der Waals surface area (Å²) in [5, 5.41) is 6.64. The van der Waals surface area contributed by atoms with Crippen LogP contribution in [-0.2, 0) is 4.79 Å². The molecular weight excluding hydrogens is 412 g/mol. The molecule has 1 aliphatic heterocycles. The average molecular weight is 431 g/mol. The highest BCUT2D eigenvalue weighted by Gasteiger charge is 2.19. The van der Waals surface area contributed by atoms with E-state index in [4.69, 9.17) is 0 Å². The summed E-state index contributed by atoms with van der Waals surface area (Å²) < 4.78 is 1.06. The van der Waals surface area contributed by atoms with Crippen molar-refractivity contribution in [2.45, 2.75) is 19.3 Å². The minimum Gasteiger partial charge on any atom is -0.369 e. The van der Waals surface area contributed by atoms with Gasteiger partial charge in [-0.1, -0.05) is 28.1 Å². The van der Waals surface area contributed by atoms with Gasteiger partial charge in [0.15, 0.2) is 0 Å². The van der Waals surface area contributed by atoms with Gasteiger partial charge in [0.1, 0.15) is 17.0 Å². The lowest BCUT2D eigenvalue weighted by molar-refractivity contribution is -0.127. The number of hydrogen-bond acceptors (Lipinski definition) is 5. The van der Waals surface area contributed by atoms with Crippen LogP contribution in [0, 0.1) is 0 Å². The molecule has 26 heavy (non-hydrogen) atoms. The van der Waals surface area contributed by atoms with E-state index in [1.807, 2.05) is 17.0 Å². The van der Waals surface area contributed by atoms with Gasteiger partial charge in [-0.15, -0.1) is 11.3 Å². The number of carbonyl (C=O) groups is 1. The molecule has 0 saturated carbocycles. The van der Waals surface area contributed by atoms with Crippen LogP contribution < -0.4 is 5.32 Å². The molecule has 1 amide bonds. The third-order valence-corrected chi connectivity index (χ3v) is 6.01. The van der Waals surface area contributed by atoms with Gasteiger partial charge >= 0.3 is 0 Å². The molecule has 0 unspecified atom stereocenters. The van der Waals surface area contributed by atoms with Gasteiger partial charge in [-0.25, -0.2) is 9.97 Å². The maximum absolute atomic E-state index is 11.7. The summed E-state index contributed by atoms with van der Waals surface area (Å²) in [5.74, 6) is 1.15. The summed E-state index contributed by atoms with van der Waals surface area (Å²) in [6, 6.07) is 8.29. The monoisotopic (exact) mass is 430 g/mol. The Morgan fingerprint density at radius 1 is 1.23 bits per heavy atom. The number of anilines is 1. The molecular formula is C19H19BrN4OS. The maximum atomic E-state index is 11.7. The van der Waals surface area contributed by atoms with Crippen molar-refractivity contribution in [1.82, 2.24) is 14.9 Å². The Bertz CT molecular complexity index is 925. The number of nitrogens with one attached hydrogen (secondary N) is 1. The van der Waals surface area contributed by atoms with Crippen LogP contribution in [0.1, 0.15) is 19.3 Å². The highest BCUT2D eigenvalue weighted by Crippen LogP contribution is 2.36. The Morgan fingerprint density at radius 3 is 2.85 bits per heavy atom. The van der Waals surface area contributed by atoms with Crippen molar-refractivity contribution in [3.05, 3.63) is 40.4 Å². The lowest BCUT2D eigenvalue weighted by Crippen LogP contribution is -2.27. The van der Waals surface area contributed by atoms with Crippen molar-refractivity contribution in [2.24, 2.45) is 0 Å². The molecule has 7 heteroatoms. The summed E-state index contributed by atoms with van der Waals surface area (Å²) in [6.07, 6.45) is 4.21. The van der Waals surface area contributed by atoms with Gasteiger partial charge in [-0.05, 0) is 30.5 Å². The average Bonchev–Trinajstić information content (AvgIpc) is 3.26. The Labute approximate surface area is 164 Å². The van der Waals surface area contributed by atoms with E-state index in [-0.39, 0.29) is 5.91 Å². The fraction of sp³-hybridized carbons (Fsp3) is 0.316. The van der Waals surface area contributed by atoms with Crippen LogP contribution in [0.3, 0.4) is 0 Å². The molecule has 1 N–H and O–H groups in total. The molecule has 1 saturated heterocycles. The molecule has 3 heterocycles. The van der Waals surface area contributed by atoms with Gasteiger partial charge in [0.05, 0.1) is 5.39 Å². The van der Waals surface area contributed by atoms with Crippen LogP contribution in [0.4, 0.5) is 5.82 Å². The first-order chi connectivity index (χ1) is 12.7. The predicted molar refractivity (Wildman–Crippen MR) is 109 cm³/mol. The highest BCUT2D eigenvalue weighted by molar-refractivity contribution is 9.10. The van der Waals surface area contributed by atoms with E-state index in [9.17, 15) is 4.79 Å². The second-order valence-electron chi connectivity index (χ2n) is 6.32. The molecule has 134 valence electrons. The standard InChI is InChI=1S/C19H19BrN4OS/c20-14-6-4-13(5-7-14)15-11-26-19-17(15)18(22-12-23-19)21-8-2-10-24-9-1-3-16(24)25/h4-7,11-12H,1-3,8-10H2,(H,21,22,23). The second kappa shape index (κ2) is 7.72. The number of aromatic nitrogens is 2. The molecule has 0 spiro atoms. The molecule has 0 bridgehead atoms. The van der Waals surface area contributed by atoms with E-state index >= 15 is 0 Å². The van der Waals surface area contributed by atoms with Crippen molar-refractivity contribution in [3.8, 4) is 11.1 Å². The summed E-state index contributed by atoms with van der Waals surface area (Å²) >= 11 is 5.12. The minimum atomic E-state index is 0.282. The van der Waals surface area contributed by atoms with Crippen LogP contribution in [-0.4, -0.2) is 40.4 Å². The number of halogens is 1. The van der Waals surface area contributed by atoms with Crippen molar-refractivity contribution in [2.75, 3.05) is 25.0 Å². The van der Waals surface area contributed by atoms with Crippen LogP contribution in [0.2, 0.25) is 0 Å². The molecule has 0 atom stereocenters. The largest absolute Gasteiger partial charge is 0.369 e. The predicted octanol–water partition coefficient (Wildman–Crippen LogP) is 4.55. The van der Waals surface area contributed by atoms with E-state index in [1.165, 1.54) is 0 Å². The maximum Gasteiger partial charge on any atom is 0.222 e. The highest BCUT2D eigenvalue weighted by atomic mass is 79.9. The van der Waals surface area contributed by atoms with Crippen molar-refractivity contribution in [3.63, 3.8) is 0 Å². The number of hydrogen-bond donors (Lipinski definition) is 1. The quantitative estimate of drug-likeness (QED) is 0.582. The van der Waals surface area contributed by atoms with Crippen LogP contribution >= 0.6 is 27.3 Å². The first-order valence-electron chi connectivity index (χ1n) is 8.72.